The Morgan fingerprint density at radius 2 is 2.12 bits per heavy atom. The molecule has 16 heavy (non-hydrogen) atoms. The van der Waals surface area contributed by atoms with Gasteiger partial charge >= 0.3 is 0 Å². The molecule has 0 aliphatic carbocycles. The average molecular weight is 286 g/mol. The van der Waals surface area contributed by atoms with Crippen LogP contribution in [0.5, 0.6) is 5.75 Å². The molecule has 0 heterocycles. The van der Waals surface area contributed by atoms with Crippen molar-refractivity contribution in [3.63, 3.8) is 0 Å². The first-order valence-corrected chi connectivity index (χ1v) is 6.28. The van der Waals surface area contributed by atoms with Crippen LogP contribution in [0.25, 0.3) is 0 Å². The second-order valence-electron chi connectivity index (χ2n) is 3.35. The lowest BCUT2D eigenvalue weighted by atomic mass is 10.2. The topological polar surface area (TPSA) is 33.0 Å². The molecule has 86 valence electrons. The normalized spacial score (nSPS) is 9.81. The molecule has 0 spiro atoms. The van der Waals surface area contributed by atoms with Gasteiger partial charge < -0.3 is 4.74 Å². The lowest BCUT2D eigenvalue weighted by Crippen LogP contribution is -1.98. The van der Waals surface area contributed by atoms with Gasteiger partial charge in [0.15, 0.2) is 0 Å². The minimum Gasteiger partial charge on any atom is -0.493 e. The molecular weight excluding hydrogens is 273 g/mol. The third-order valence-corrected chi connectivity index (χ3v) is 2.67. The summed E-state index contributed by atoms with van der Waals surface area (Å²) in [6.07, 6.45) is 3.16. The standard InChI is InChI=1S/C12H13BrFNO/c13-6-2-1-3-7-16-11-5-4-10(9-15)12(14)8-11/h4-5,8H,1-3,6-7H2. The van der Waals surface area contributed by atoms with Crippen molar-refractivity contribution < 1.29 is 9.13 Å². The van der Waals surface area contributed by atoms with Crippen LogP contribution in [-0.4, -0.2) is 11.9 Å². The monoisotopic (exact) mass is 285 g/mol. The van der Waals surface area contributed by atoms with Gasteiger partial charge in [-0.15, -0.1) is 0 Å². The van der Waals surface area contributed by atoms with Crippen LogP contribution in [0.3, 0.4) is 0 Å². The quantitative estimate of drug-likeness (QED) is 0.591. The molecular formula is C12H13BrFNO. The van der Waals surface area contributed by atoms with E-state index in [9.17, 15) is 4.39 Å². The number of rotatable bonds is 6. The molecule has 0 bridgehead atoms. The molecule has 0 N–H and O–H groups in total. The fourth-order valence-corrected chi connectivity index (χ4v) is 1.64. The molecule has 0 aromatic heterocycles. The Bertz CT molecular complexity index is 376. The Morgan fingerprint density at radius 1 is 1.31 bits per heavy atom. The molecule has 1 aromatic carbocycles. The van der Waals surface area contributed by atoms with Crippen molar-refractivity contribution in [1.82, 2.24) is 0 Å². The molecule has 0 aliphatic rings. The molecule has 4 heteroatoms. The smallest absolute Gasteiger partial charge is 0.144 e. The average Bonchev–Trinajstić information content (AvgIpc) is 2.29. The molecule has 0 amide bonds. The first-order valence-electron chi connectivity index (χ1n) is 5.16. The van der Waals surface area contributed by atoms with E-state index in [0.717, 1.165) is 24.6 Å². The number of nitrogens with zero attached hydrogens (tertiary/aromatic N) is 1. The van der Waals surface area contributed by atoms with E-state index in [-0.39, 0.29) is 5.56 Å². The van der Waals surface area contributed by atoms with E-state index in [1.54, 1.807) is 12.1 Å². The van der Waals surface area contributed by atoms with Gasteiger partial charge in [-0.25, -0.2) is 4.39 Å². The molecule has 1 aromatic rings. The van der Waals surface area contributed by atoms with Crippen molar-refractivity contribution in [2.75, 3.05) is 11.9 Å². The number of halogens is 2. The summed E-state index contributed by atoms with van der Waals surface area (Å²) in [5.74, 6) is -0.0456. The van der Waals surface area contributed by atoms with E-state index >= 15 is 0 Å². The van der Waals surface area contributed by atoms with Crippen molar-refractivity contribution in [3.8, 4) is 11.8 Å². The van der Waals surface area contributed by atoms with E-state index in [1.165, 1.54) is 12.1 Å². The van der Waals surface area contributed by atoms with Gasteiger partial charge in [-0.1, -0.05) is 15.9 Å². The summed E-state index contributed by atoms with van der Waals surface area (Å²) in [6.45, 7) is 0.582. The third-order valence-electron chi connectivity index (χ3n) is 2.11. The van der Waals surface area contributed by atoms with Crippen molar-refractivity contribution in [2.45, 2.75) is 19.3 Å². The Kier molecular flexibility index (Phi) is 5.87. The predicted molar refractivity (Wildman–Crippen MR) is 64.3 cm³/mol. The minimum atomic E-state index is -0.527. The molecule has 0 fully saturated rings. The van der Waals surface area contributed by atoms with Gasteiger partial charge in [-0.05, 0) is 31.4 Å². The summed E-state index contributed by atoms with van der Waals surface area (Å²) in [7, 11) is 0. The van der Waals surface area contributed by atoms with E-state index in [4.69, 9.17) is 10.00 Å². The Hall–Kier alpha value is -1.08. The maximum atomic E-state index is 13.2. The van der Waals surface area contributed by atoms with Gasteiger partial charge in [-0.3, -0.25) is 0 Å². The highest BCUT2D eigenvalue weighted by molar-refractivity contribution is 9.09. The van der Waals surface area contributed by atoms with Crippen LogP contribution in [0, 0.1) is 17.1 Å². The summed E-state index contributed by atoms with van der Waals surface area (Å²) in [6, 6.07) is 6.07. The number of unbranched alkanes of at least 4 members (excludes halogenated alkanes) is 2. The molecule has 1 rings (SSSR count). The summed E-state index contributed by atoms with van der Waals surface area (Å²) in [4.78, 5) is 0. The maximum Gasteiger partial charge on any atom is 0.144 e. The number of ether oxygens (including phenoxy) is 1. The van der Waals surface area contributed by atoms with Gasteiger partial charge in [0.05, 0.1) is 12.2 Å². The summed E-state index contributed by atoms with van der Waals surface area (Å²) in [5, 5.41) is 9.55. The van der Waals surface area contributed by atoms with E-state index in [2.05, 4.69) is 15.9 Å². The van der Waals surface area contributed by atoms with E-state index < -0.39 is 5.82 Å². The minimum absolute atomic E-state index is 0.0478. The van der Waals surface area contributed by atoms with Crippen LogP contribution >= 0.6 is 15.9 Å². The Labute approximate surface area is 103 Å². The molecule has 2 nitrogen and oxygen atoms in total. The molecule has 0 saturated heterocycles. The van der Waals surface area contributed by atoms with Crippen LogP contribution in [0.2, 0.25) is 0 Å². The maximum absolute atomic E-state index is 13.2. The number of benzene rings is 1. The second-order valence-corrected chi connectivity index (χ2v) is 4.14. The second kappa shape index (κ2) is 7.24. The third kappa shape index (κ3) is 4.19. The zero-order valence-electron chi connectivity index (χ0n) is 8.88. The van der Waals surface area contributed by atoms with Crippen molar-refractivity contribution in [1.29, 1.82) is 5.26 Å². The zero-order chi connectivity index (χ0) is 11.8. The number of nitriles is 1. The highest BCUT2D eigenvalue weighted by Gasteiger charge is 2.02. The molecule has 0 unspecified atom stereocenters. The largest absolute Gasteiger partial charge is 0.493 e. The lowest BCUT2D eigenvalue weighted by molar-refractivity contribution is 0.305. The van der Waals surface area contributed by atoms with Gasteiger partial charge in [0, 0.05) is 11.4 Å². The van der Waals surface area contributed by atoms with Crippen LogP contribution < -0.4 is 4.74 Å². The SMILES string of the molecule is N#Cc1ccc(OCCCCCBr)cc1F. The zero-order valence-corrected chi connectivity index (χ0v) is 10.5. The number of hydrogen-bond donors (Lipinski definition) is 0. The first-order chi connectivity index (χ1) is 7.77. The number of hydrogen-bond acceptors (Lipinski definition) is 2. The number of alkyl halides is 1. The van der Waals surface area contributed by atoms with E-state index in [0.29, 0.717) is 12.4 Å². The Balaban J connectivity index is 2.38. The van der Waals surface area contributed by atoms with Crippen LogP contribution in [0.15, 0.2) is 18.2 Å². The van der Waals surface area contributed by atoms with Gasteiger partial charge in [0.25, 0.3) is 0 Å². The molecule has 0 atom stereocenters. The van der Waals surface area contributed by atoms with Gasteiger partial charge in [-0.2, -0.15) is 5.26 Å². The van der Waals surface area contributed by atoms with Crippen molar-refractivity contribution in [3.05, 3.63) is 29.6 Å². The van der Waals surface area contributed by atoms with Gasteiger partial charge in [0.2, 0.25) is 0 Å². The van der Waals surface area contributed by atoms with Crippen LogP contribution in [0.4, 0.5) is 4.39 Å². The van der Waals surface area contributed by atoms with Crippen molar-refractivity contribution >= 4 is 15.9 Å². The van der Waals surface area contributed by atoms with Crippen molar-refractivity contribution in [2.24, 2.45) is 0 Å². The molecule has 0 saturated carbocycles. The molecule has 0 radical (unpaired) electrons. The predicted octanol–water partition coefficient (Wildman–Crippen LogP) is 3.64. The highest BCUT2D eigenvalue weighted by Crippen LogP contribution is 2.16. The fourth-order valence-electron chi connectivity index (χ4n) is 1.24. The first kappa shape index (κ1) is 13.0. The fraction of sp³-hybridized carbons (Fsp3) is 0.417. The van der Waals surface area contributed by atoms with Crippen LogP contribution in [-0.2, 0) is 0 Å². The highest BCUT2D eigenvalue weighted by atomic mass is 79.9. The van der Waals surface area contributed by atoms with Crippen LogP contribution in [0.1, 0.15) is 24.8 Å². The Morgan fingerprint density at radius 3 is 2.75 bits per heavy atom. The van der Waals surface area contributed by atoms with E-state index in [1.807, 2.05) is 0 Å². The lowest BCUT2D eigenvalue weighted by Gasteiger charge is -2.05. The molecule has 0 aliphatic heterocycles. The summed E-state index contributed by atoms with van der Waals surface area (Å²) < 4.78 is 18.5. The van der Waals surface area contributed by atoms with Gasteiger partial charge in [0.1, 0.15) is 17.6 Å². The summed E-state index contributed by atoms with van der Waals surface area (Å²) >= 11 is 3.35. The summed E-state index contributed by atoms with van der Waals surface area (Å²) in [5.41, 5.74) is 0.0478.